The number of rotatable bonds is 6. The monoisotopic (exact) mass is 564 g/mol. The lowest BCUT2D eigenvalue weighted by Crippen LogP contribution is -2.32. The Morgan fingerprint density at radius 3 is 2.33 bits per heavy atom. The maximum absolute atomic E-state index is 12.4. The smallest absolute Gasteiger partial charge is 0.406 e. The average Bonchev–Trinajstić information content (AvgIpc) is 3.52. The van der Waals surface area contributed by atoms with Gasteiger partial charge in [-0.1, -0.05) is 53.7 Å². The van der Waals surface area contributed by atoms with Crippen LogP contribution in [0.3, 0.4) is 0 Å². The van der Waals surface area contributed by atoms with Crippen molar-refractivity contribution in [2.24, 2.45) is 10.2 Å². The number of hydrogen-bond acceptors (Lipinski definition) is 6. The summed E-state index contributed by atoms with van der Waals surface area (Å²) in [6.45, 7) is 8.57. The summed E-state index contributed by atoms with van der Waals surface area (Å²) < 4.78 is 42.6. The molecule has 2 heterocycles. The van der Waals surface area contributed by atoms with Gasteiger partial charge in [-0.3, -0.25) is 0 Å². The van der Waals surface area contributed by atoms with Crippen molar-refractivity contribution in [3.05, 3.63) is 89.2 Å². The molecular weight excluding hydrogens is 537 g/mol. The standard InChI is InChI=1S/C29H27F3N6OS/c1-18-13-19(2)26(20(3)14-18)38-21(4)16-40-28(38)35-34-15-22-5-7-23(8-6-22)27-33-17-37(36-27)24-9-11-25(12-10-24)39-29(30,31)32/h5-15,17,21H,16H2,1-4H3. The Hall–Kier alpha value is -4.12. The van der Waals surface area contributed by atoms with Crippen LogP contribution in [-0.2, 0) is 0 Å². The lowest BCUT2D eigenvalue weighted by atomic mass is 10.0. The maximum Gasteiger partial charge on any atom is 0.573 e. The Morgan fingerprint density at radius 1 is 1.00 bits per heavy atom. The first-order chi connectivity index (χ1) is 19.1. The summed E-state index contributed by atoms with van der Waals surface area (Å²) in [5, 5.41) is 14.2. The molecule has 1 aliphatic rings. The van der Waals surface area contributed by atoms with Crippen molar-refractivity contribution in [2.45, 2.75) is 40.1 Å². The van der Waals surface area contributed by atoms with Crippen LogP contribution in [0, 0.1) is 20.8 Å². The quantitative estimate of drug-likeness (QED) is 0.185. The van der Waals surface area contributed by atoms with Crippen LogP contribution in [-0.4, -0.2) is 44.3 Å². The van der Waals surface area contributed by atoms with Crippen molar-refractivity contribution in [1.82, 2.24) is 14.8 Å². The molecule has 1 aliphatic heterocycles. The molecule has 0 amide bonds. The van der Waals surface area contributed by atoms with E-state index in [1.165, 1.54) is 57.7 Å². The second-order valence-corrected chi connectivity index (χ2v) is 10.6. The van der Waals surface area contributed by atoms with Crippen LogP contribution in [0.25, 0.3) is 17.1 Å². The SMILES string of the molecule is Cc1cc(C)c(N2C(=NN=Cc3ccc(-c4ncn(-c5ccc(OC(F)(F)F)cc5)n4)cc3)SCC2C)c(C)c1. The van der Waals surface area contributed by atoms with Crippen molar-refractivity contribution >= 4 is 28.8 Å². The van der Waals surface area contributed by atoms with E-state index in [-0.39, 0.29) is 5.75 Å². The van der Waals surface area contributed by atoms with Crippen molar-refractivity contribution in [3.63, 3.8) is 0 Å². The number of ether oxygens (including phenoxy) is 1. The number of thioether (sulfide) groups is 1. The van der Waals surface area contributed by atoms with Crippen LogP contribution < -0.4 is 9.64 Å². The number of anilines is 1. The number of aryl methyl sites for hydroxylation is 3. The van der Waals surface area contributed by atoms with Gasteiger partial charge in [0.25, 0.3) is 0 Å². The first-order valence-electron chi connectivity index (χ1n) is 12.6. The predicted molar refractivity (Wildman–Crippen MR) is 154 cm³/mol. The van der Waals surface area contributed by atoms with Gasteiger partial charge in [0.2, 0.25) is 0 Å². The van der Waals surface area contributed by atoms with Gasteiger partial charge in [0.1, 0.15) is 12.1 Å². The average molecular weight is 565 g/mol. The van der Waals surface area contributed by atoms with Crippen molar-refractivity contribution in [3.8, 4) is 22.8 Å². The number of hydrogen-bond donors (Lipinski definition) is 0. The third-order valence-electron chi connectivity index (χ3n) is 6.32. The summed E-state index contributed by atoms with van der Waals surface area (Å²) in [5.41, 5.74) is 7.10. The molecule has 40 heavy (non-hydrogen) atoms. The molecule has 7 nitrogen and oxygen atoms in total. The van der Waals surface area contributed by atoms with Crippen LogP contribution in [0.5, 0.6) is 5.75 Å². The summed E-state index contributed by atoms with van der Waals surface area (Å²) >= 11 is 1.70. The van der Waals surface area contributed by atoms with E-state index in [1.807, 2.05) is 24.3 Å². The van der Waals surface area contributed by atoms with E-state index in [1.54, 1.807) is 18.0 Å². The molecule has 1 saturated heterocycles. The molecule has 0 aliphatic carbocycles. The molecule has 0 radical (unpaired) electrons. The van der Waals surface area contributed by atoms with E-state index in [0.717, 1.165) is 22.0 Å². The van der Waals surface area contributed by atoms with E-state index in [4.69, 9.17) is 0 Å². The van der Waals surface area contributed by atoms with Crippen molar-refractivity contribution < 1.29 is 17.9 Å². The van der Waals surface area contributed by atoms with Gasteiger partial charge in [0, 0.05) is 23.0 Å². The van der Waals surface area contributed by atoms with Gasteiger partial charge in [-0.25, -0.2) is 9.67 Å². The fourth-order valence-corrected chi connectivity index (χ4v) is 5.71. The number of amidine groups is 1. The van der Waals surface area contributed by atoms with Crippen molar-refractivity contribution in [1.29, 1.82) is 0 Å². The minimum atomic E-state index is -4.74. The molecule has 1 aromatic heterocycles. The van der Waals surface area contributed by atoms with E-state index < -0.39 is 6.36 Å². The highest BCUT2D eigenvalue weighted by molar-refractivity contribution is 8.14. The topological polar surface area (TPSA) is 67.9 Å². The minimum Gasteiger partial charge on any atom is -0.406 e. The molecule has 0 bridgehead atoms. The number of alkyl halides is 3. The predicted octanol–water partition coefficient (Wildman–Crippen LogP) is 7.09. The molecule has 1 atom stereocenters. The number of benzene rings is 3. The molecule has 0 spiro atoms. The van der Waals surface area contributed by atoms with E-state index in [0.29, 0.717) is 17.6 Å². The second kappa shape index (κ2) is 11.2. The lowest BCUT2D eigenvalue weighted by molar-refractivity contribution is -0.274. The van der Waals surface area contributed by atoms with Crippen molar-refractivity contribution in [2.75, 3.05) is 10.7 Å². The van der Waals surface area contributed by atoms with Crippen LogP contribution >= 0.6 is 11.8 Å². The van der Waals surface area contributed by atoms with Gasteiger partial charge in [-0.15, -0.1) is 23.4 Å². The van der Waals surface area contributed by atoms with Crippen LogP contribution in [0.2, 0.25) is 0 Å². The van der Waals surface area contributed by atoms with E-state index >= 15 is 0 Å². The third kappa shape index (κ3) is 6.20. The summed E-state index contributed by atoms with van der Waals surface area (Å²) in [6, 6.07) is 17.7. The third-order valence-corrected chi connectivity index (χ3v) is 7.51. The summed E-state index contributed by atoms with van der Waals surface area (Å²) in [4.78, 5) is 6.60. The molecule has 11 heteroatoms. The van der Waals surface area contributed by atoms with Gasteiger partial charge in [0.15, 0.2) is 11.0 Å². The largest absolute Gasteiger partial charge is 0.573 e. The van der Waals surface area contributed by atoms with Gasteiger partial charge in [-0.2, -0.15) is 5.10 Å². The maximum atomic E-state index is 12.4. The summed E-state index contributed by atoms with van der Waals surface area (Å²) in [7, 11) is 0. The molecule has 1 unspecified atom stereocenters. The Bertz CT molecular complexity index is 1540. The number of nitrogens with zero attached hydrogens (tertiary/aromatic N) is 6. The van der Waals surface area contributed by atoms with E-state index in [2.05, 4.69) is 69.7 Å². The fourth-order valence-electron chi connectivity index (χ4n) is 4.66. The van der Waals surface area contributed by atoms with Gasteiger partial charge < -0.3 is 9.64 Å². The van der Waals surface area contributed by atoms with Gasteiger partial charge in [-0.05, 0) is 68.7 Å². The molecule has 0 saturated carbocycles. The highest BCUT2D eigenvalue weighted by Crippen LogP contribution is 2.35. The van der Waals surface area contributed by atoms with Gasteiger partial charge in [0.05, 0.1) is 11.9 Å². The normalized spacial score (nSPS) is 16.8. The lowest BCUT2D eigenvalue weighted by Gasteiger charge is -2.27. The fraction of sp³-hybridized carbons (Fsp3) is 0.241. The highest BCUT2D eigenvalue weighted by atomic mass is 32.2. The highest BCUT2D eigenvalue weighted by Gasteiger charge is 2.31. The first kappa shape index (κ1) is 27.4. The molecule has 0 N–H and O–H groups in total. The Kier molecular flexibility index (Phi) is 7.66. The van der Waals surface area contributed by atoms with Gasteiger partial charge >= 0.3 is 6.36 Å². The summed E-state index contributed by atoms with van der Waals surface area (Å²) in [6.07, 6.45) is -1.52. The summed E-state index contributed by atoms with van der Waals surface area (Å²) in [5.74, 6) is 1.13. The number of halogens is 3. The zero-order valence-corrected chi connectivity index (χ0v) is 23.2. The Balaban J connectivity index is 1.28. The van der Waals surface area contributed by atoms with E-state index in [9.17, 15) is 13.2 Å². The van der Waals surface area contributed by atoms with Crippen LogP contribution in [0.4, 0.5) is 18.9 Å². The second-order valence-electron chi connectivity index (χ2n) is 9.58. The Labute approximate surface area is 234 Å². The molecule has 4 aromatic rings. The zero-order chi connectivity index (χ0) is 28.4. The molecule has 206 valence electrons. The first-order valence-corrected chi connectivity index (χ1v) is 13.5. The number of aromatic nitrogens is 3. The minimum absolute atomic E-state index is 0.298. The molecule has 5 rings (SSSR count). The molecular formula is C29H27F3N6OS. The Morgan fingerprint density at radius 2 is 1.68 bits per heavy atom. The van der Waals surface area contributed by atoms with Crippen LogP contribution in [0.15, 0.2) is 77.2 Å². The molecule has 1 fully saturated rings. The van der Waals surface area contributed by atoms with Crippen LogP contribution in [0.1, 0.15) is 29.2 Å². The molecule has 3 aromatic carbocycles. The zero-order valence-electron chi connectivity index (χ0n) is 22.3.